The molecule has 0 bridgehead atoms. The molecule has 0 saturated carbocycles. The second-order valence-corrected chi connectivity index (χ2v) is 7.93. The zero-order chi connectivity index (χ0) is 21.0. The molecule has 1 aromatic carbocycles. The third-order valence-electron chi connectivity index (χ3n) is 4.30. The van der Waals surface area contributed by atoms with Crippen molar-refractivity contribution >= 4 is 27.1 Å². The summed E-state index contributed by atoms with van der Waals surface area (Å²) in [5.74, 6) is -0.951. The first-order chi connectivity index (χ1) is 13.5. The van der Waals surface area contributed by atoms with E-state index in [2.05, 4.69) is 20.2 Å². The van der Waals surface area contributed by atoms with Crippen LogP contribution >= 0.6 is 0 Å². The lowest BCUT2D eigenvalue weighted by Gasteiger charge is -2.15. The van der Waals surface area contributed by atoms with E-state index >= 15 is 0 Å². The summed E-state index contributed by atoms with van der Waals surface area (Å²) in [6, 6.07) is 5.17. The topological polar surface area (TPSA) is 119 Å². The molecule has 0 unspecified atom stereocenters. The van der Waals surface area contributed by atoms with Crippen LogP contribution in [-0.2, 0) is 22.7 Å². The summed E-state index contributed by atoms with van der Waals surface area (Å²) >= 11 is 0. The van der Waals surface area contributed by atoms with Crippen LogP contribution in [0.15, 0.2) is 58.0 Å². The van der Waals surface area contributed by atoms with Crippen molar-refractivity contribution in [3.8, 4) is 0 Å². The normalized spacial score (nSPS) is 15.4. The van der Waals surface area contributed by atoms with E-state index < -0.39 is 27.8 Å². The molecule has 0 fully saturated rings. The molecule has 1 amide bonds. The lowest BCUT2D eigenvalue weighted by molar-refractivity contribution is -0.166. The van der Waals surface area contributed by atoms with Crippen LogP contribution in [-0.4, -0.2) is 35.0 Å². The maximum atomic E-state index is 13.0. The Balaban J connectivity index is 1.56. The molecule has 9 nitrogen and oxygen atoms in total. The summed E-state index contributed by atoms with van der Waals surface area (Å²) in [6.45, 7) is 0. The van der Waals surface area contributed by atoms with Gasteiger partial charge in [0.1, 0.15) is 5.52 Å². The van der Waals surface area contributed by atoms with Crippen molar-refractivity contribution in [3.05, 3.63) is 54.0 Å². The van der Waals surface area contributed by atoms with Gasteiger partial charge in [-0.3, -0.25) is 4.79 Å². The molecule has 1 aliphatic rings. The first-order valence-corrected chi connectivity index (χ1v) is 9.47. The second kappa shape index (κ2) is 6.07. The van der Waals surface area contributed by atoms with Gasteiger partial charge >= 0.3 is 11.8 Å². The number of carbonyl (C=O) groups is 1. The van der Waals surface area contributed by atoms with Crippen molar-refractivity contribution in [2.24, 2.45) is 17.3 Å². The number of amides is 1. The molecule has 0 spiro atoms. The third kappa shape index (κ3) is 3.12. The Morgan fingerprint density at radius 3 is 2.38 bits per heavy atom. The molecular weight excluding hydrogens is 413 g/mol. The number of carbonyl (C=O) groups excluding carboxylic acids is 1. The van der Waals surface area contributed by atoms with Gasteiger partial charge in [-0.05, 0) is 18.2 Å². The van der Waals surface area contributed by atoms with Crippen molar-refractivity contribution in [1.29, 1.82) is 0 Å². The predicted octanol–water partition coefficient (Wildman–Crippen LogP) is 2.27. The van der Waals surface area contributed by atoms with Gasteiger partial charge in [-0.1, -0.05) is 12.1 Å². The summed E-state index contributed by atoms with van der Waals surface area (Å²) < 4.78 is 67.4. The van der Waals surface area contributed by atoms with Gasteiger partial charge in [0.2, 0.25) is 0 Å². The van der Waals surface area contributed by atoms with Gasteiger partial charge in [-0.2, -0.15) is 13.2 Å². The summed E-state index contributed by atoms with van der Waals surface area (Å²) in [6.07, 6.45) is -2.04. The van der Waals surface area contributed by atoms with E-state index in [4.69, 9.17) is 0 Å². The fraction of sp³-hybridized carbons (Fsp3) is 0.188. The number of rotatable bonds is 4. The van der Waals surface area contributed by atoms with Gasteiger partial charge in [0.15, 0.2) is 5.65 Å². The highest BCUT2D eigenvalue weighted by molar-refractivity contribution is 7.90. The number of benzene rings is 1. The Morgan fingerprint density at radius 2 is 1.79 bits per heavy atom. The van der Waals surface area contributed by atoms with Gasteiger partial charge in [-0.25, -0.2) is 23.1 Å². The van der Waals surface area contributed by atoms with Crippen LogP contribution in [0.3, 0.4) is 0 Å². The minimum absolute atomic E-state index is 0.0389. The van der Waals surface area contributed by atoms with Crippen LogP contribution in [0.2, 0.25) is 0 Å². The number of aryl methyl sites for hydroxylation is 1. The highest BCUT2D eigenvalue weighted by atomic mass is 32.2. The molecule has 2 aromatic heterocycles. The lowest BCUT2D eigenvalue weighted by atomic mass is 10.0. The molecule has 0 atom stereocenters. The SMILES string of the molecule is Cn1cnc2cc(C(=O)NS(=O)(=O)c3ccc(C4(C(F)(F)F)N=N4)cc3)cnc21. The van der Waals surface area contributed by atoms with Crippen molar-refractivity contribution in [3.63, 3.8) is 0 Å². The second-order valence-electron chi connectivity index (χ2n) is 6.25. The lowest BCUT2D eigenvalue weighted by Crippen LogP contribution is -2.31. The van der Waals surface area contributed by atoms with Crippen LogP contribution in [0.25, 0.3) is 11.2 Å². The van der Waals surface area contributed by atoms with Crippen LogP contribution in [0, 0.1) is 0 Å². The third-order valence-corrected chi connectivity index (χ3v) is 5.65. The molecule has 29 heavy (non-hydrogen) atoms. The molecule has 4 rings (SSSR count). The Hall–Kier alpha value is -3.35. The van der Waals surface area contributed by atoms with Crippen LogP contribution in [0.1, 0.15) is 15.9 Å². The molecule has 3 aromatic rings. The molecule has 3 heterocycles. The Labute approximate surface area is 161 Å². The molecule has 0 saturated heterocycles. The number of nitrogens with one attached hydrogen (secondary N) is 1. The fourth-order valence-corrected chi connectivity index (χ4v) is 3.66. The zero-order valence-corrected chi connectivity index (χ0v) is 15.4. The highest BCUT2D eigenvalue weighted by Gasteiger charge is 2.65. The van der Waals surface area contributed by atoms with E-state index in [0.717, 1.165) is 24.3 Å². The predicted molar refractivity (Wildman–Crippen MR) is 92.2 cm³/mol. The van der Waals surface area contributed by atoms with Crippen molar-refractivity contribution < 1.29 is 26.4 Å². The molecule has 0 radical (unpaired) electrons. The number of alkyl halides is 3. The van der Waals surface area contributed by atoms with Crippen LogP contribution < -0.4 is 4.72 Å². The Kier molecular flexibility index (Phi) is 3.98. The number of hydrogen-bond donors (Lipinski definition) is 1. The summed E-state index contributed by atoms with van der Waals surface area (Å²) in [7, 11) is -2.62. The van der Waals surface area contributed by atoms with Crippen molar-refractivity contribution in [2.45, 2.75) is 16.7 Å². The zero-order valence-electron chi connectivity index (χ0n) is 14.5. The number of imidazole rings is 1. The number of nitrogens with zero attached hydrogens (tertiary/aromatic N) is 5. The number of hydrogen-bond acceptors (Lipinski definition) is 7. The molecular formula is C16H11F3N6O3S. The minimum atomic E-state index is -4.72. The number of sulfonamides is 1. The van der Waals surface area contributed by atoms with Crippen molar-refractivity contribution in [2.75, 3.05) is 0 Å². The van der Waals surface area contributed by atoms with Crippen molar-refractivity contribution in [1.82, 2.24) is 19.3 Å². The Morgan fingerprint density at radius 1 is 1.14 bits per heavy atom. The molecule has 0 aliphatic carbocycles. The smallest absolute Gasteiger partial charge is 0.318 e. The van der Waals surface area contributed by atoms with Gasteiger partial charge < -0.3 is 4.57 Å². The maximum Gasteiger partial charge on any atom is 0.442 e. The van der Waals surface area contributed by atoms with Gasteiger partial charge in [-0.15, -0.1) is 10.2 Å². The molecule has 13 heteroatoms. The maximum absolute atomic E-state index is 13.0. The number of halogens is 3. The summed E-state index contributed by atoms with van der Waals surface area (Å²) in [5, 5.41) is 6.10. The fourth-order valence-electron chi connectivity index (χ4n) is 2.69. The van der Waals surface area contributed by atoms with Gasteiger partial charge in [0.05, 0.1) is 16.8 Å². The van der Waals surface area contributed by atoms with Gasteiger partial charge in [0.25, 0.3) is 15.9 Å². The first-order valence-electron chi connectivity index (χ1n) is 7.99. The first kappa shape index (κ1) is 19.0. The van der Waals surface area contributed by atoms with E-state index in [9.17, 15) is 26.4 Å². The minimum Gasteiger partial charge on any atom is -0.318 e. The van der Waals surface area contributed by atoms with E-state index in [0.29, 0.717) is 11.2 Å². The molecule has 1 aliphatic heterocycles. The van der Waals surface area contributed by atoms with E-state index in [1.54, 1.807) is 11.6 Å². The van der Waals surface area contributed by atoms with E-state index in [-0.39, 0.29) is 16.0 Å². The quantitative estimate of drug-likeness (QED) is 0.689. The average Bonchev–Trinajstić information content (AvgIpc) is 3.41. The summed E-state index contributed by atoms with van der Waals surface area (Å²) in [4.78, 5) is 20.0. The number of aromatic nitrogens is 3. The molecule has 1 N–H and O–H groups in total. The Bertz CT molecular complexity index is 1260. The standard InChI is InChI=1S/C16H11F3N6O3S/c1-25-8-21-12-6-9(7-20-13(12)25)14(26)22-29(27,28)11-4-2-10(3-5-11)15(23-24-15)16(17,18)19/h2-8H,1H3,(H,22,26). The monoisotopic (exact) mass is 424 g/mol. The largest absolute Gasteiger partial charge is 0.442 e. The summed E-state index contributed by atoms with van der Waals surface area (Å²) in [5.41, 5.74) is -2.10. The van der Waals surface area contributed by atoms with E-state index in [1.807, 2.05) is 4.72 Å². The number of pyridine rings is 1. The highest BCUT2D eigenvalue weighted by Crippen LogP contribution is 2.52. The van der Waals surface area contributed by atoms with Crippen LogP contribution in [0.4, 0.5) is 13.2 Å². The average molecular weight is 424 g/mol. The van der Waals surface area contributed by atoms with E-state index in [1.165, 1.54) is 18.6 Å². The number of fused-ring (bicyclic) bond motifs is 1. The molecule has 150 valence electrons. The van der Waals surface area contributed by atoms with Gasteiger partial charge in [0, 0.05) is 18.8 Å². The van der Waals surface area contributed by atoms with Crippen LogP contribution in [0.5, 0.6) is 0 Å².